The third-order valence-electron chi connectivity index (χ3n) is 2.41. The molecule has 1 fully saturated rings. The van der Waals surface area contributed by atoms with Gasteiger partial charge in [0.15, 0.2) is 0 Å². The van der Waals surface area contributed by atoms with Gasteiger partial charge in [0.1, 0.15) is 11.0 Å². The van der Waals surface area contributed by atoms with Crippen LogP contribution in [0.5, 0.6) is 0 Å². The molecule has 15 heavy (non-hydrogen) atoms. The second-order valence-corrected chi connectivity index (χ2v) is 6.01. The fraction of sp³-hybridized carbons (Fsp3) is 0.571. The third-order valence-corrected chi connectivity index (χ3v) is 3.67. The largest absolute Gasteiger partial charge is 0.364 e. The van der Waals surface area contributed by atoms with Gasteiger partial charge in [0.2, 0.25) is 0 Å². The molecule has 8 heteroatoms. The van der Waals surface area contributed by atoms with Crippen LogP contribution in [0.3, 0.4) is 0 Å². The Kier molecular flexibility index (Phi) is 1.53. The molecule has 0 spiro atoms. The summed E-state index contributed by atoms with van der Waals surface area (Å²) in [4.78, 5) is -1.93. The van der Waals surface area contributed by atoms with Crippen molar-refractivity contribution in [2.24, 2.45) is 5.92 Å². The van der Waals surface area contributed by atoms with Crippen LogP contribution in [0.1, 0.15) is 6.42 Å². The lowest BCUT2D eigenvalue weighted by Crippen LogP contribution is -2.24. The third kappa shape index (κ3) is 1.70. The molecule has 0 saturated carbocycles. The number of rotatable bonds is 1. The van der Waals surface area contributed by atoms with Gasteiger partial charge in [0, 0.05) is 0 Å². The van der Waals surface area contributed by atoms with Crippen LogP contribution in [0.2, 0.25) is 0 Å². The van der Waals surface area contributed by atoms with E-state index in [1.807, 2.05) is 0 Å². The maximum absolute atomic E-state index is 12.4. The van der Waals surface area contributed by atoms with E-state index in [-0.39, 0.29) is 6.42 Å². The fourth-order valence-electron chi connectivity index (χ4n) is 1.83. The topological polar surface area (TPSA) is 33.0 Å². The summed E-state index contributed by atoms with van der Waals surface area (Å²) >= 11 is 0. The molecule has 86 valence electrons. The van der Waals surface area contributed by atoms with Crippen molar-refractivity contribution >= 4 is 10.2 Å². The van der Waals surface area contributed by atoms with Gasteiger partial charge in [-0.25, -0.2) is 0 Å². The predicted molar refractivity (Wildman–Crippen MR) is 43.6 cm³/mol. The van der Waals surface area contributed by atoms with E-state index >= 15 is 0 Å². The second kappa shape index (κ2) is 2.15. The highest BCUT2D eigenvalue weighted by atomic mass is 32.5. The van der Waals surface area contributed by atoms with Crippen molar-refractivity contribution in [3.05, 3.63) is 11.0 Å². The van der Waals surface area contributed by atoms with Gasteiger partial charge in [-0.05, 0) is 12.5 Å². The zero-order valence-corrected chi connectivity index (χ0v) is 7.99. The van der Waals surface area contributed by atoms with Crippen molar-refractivity contribution in [2.45, 2.75) is 18.6 Å². The Morgan fingerprint density at radius 2 is 1.93 bits per heavy atom. The van der Waals surface area contributed by atoms with Gasteiger partial charge in [0.25, 0.3) is 0 Å². The molecule has 0 radical (unpaired) electrons. The van der Waals surface area contributed by atoms with E-state index in [9.17, 15) is 19.4 Å². The Balaban J connectivity index is 2.45. The number of hydrogen-bond acceptors (Lipinski definition) is 2. The van der Waals surface area contributed by atoms with Crippen LogP contribution in [0.15, 0.2) is 11.0 Å². The first-order valence-electron chi connectivity index (χ1n) is 4.02. The molecule has 2 nitrogen and oxygen atoms in total. The van der Waals surface area contributed by atoms with Crippen molar-refractivity contribution in [1.29, 1.82) is 5.26 Å². The Morgan fingerprint density at radius 1 is 1.33 bits per heavy atom. The molecule has 2 aliphatic rings. The summed E-state index contributed by atoms with van der Waals surface area (Å²) in [6.45, 7) is 0. The number of hydrogen-bond donors (Lipinski definition) is 0. The van der Waals surface area contributed by atoms with Gasteiger partial charge in [-0.15, -0.1) is 0 Å². The van der Waals surface area contributed by atoms with E-state index in [2.05, 4.69) is 4.74 Å². The number of nitrogens with zero attached hydrogens (tertiary/aromatic N) is 1. The summed E-state index contributed by atoms with van der Waals surface area (Å²) in [7, 11) is -9.66. The van der Waals surface area contributed by atoms with Gasteiger partial charge in [0.05, 0.1) is 18.1 Å². The molecule has 0 amide bonds. The molecule has 0 unspecified atom stereocenters. The zero-order chi connectivity index (χ0) is 11.5. The Hall–Kier alpha value is -0.810. The molecule has 3 atom stereocenters. The predicted octanol–water partition coefficient (Wildman–Crippen LogP) is 3.48. The highest BCUT2D eigenvalue weighted by Crippen LogP contribution is 3.03. The van der Waals surface area contributed by atoms with E-state index < -0.39 is 33.3 Å². The van der Waals surface area contributed by atoms with E-state index in [1.54, 1.807) is 6.07 Å². The van der Waals surface area contributed by atoms with Gasteiger partial charge >= 0.3 is 10.2 Å². The van der Waals surface area contributed by atoms with Crippen LogP contribution in [0.25, 0.3) is 0 Å². The molecule has 0 aromatic carbocycles. The highest BCUT2D eigenvalue weighted by molar-refractivity contribution is 8.48. The molecule has 2 bridgehead atoms. The Bertz CT molecular complexity index is 393. The average molecular weight is 247 g/mol. The van der Waals surface area contributed by atoms with Crippen molar-refractivity contribution in [3.8, 4) is 6.07 Å². The molecular weight excluding hydrogens is 241 g/mol. The van der Waals surface area contributed by atoms with Crippen LogP contribution < -0.4 is 0 Å². The van der Waals surface area contributed by atoms with Gasteiger partial charge in [-0.2, -0.15) is 5.26 Å². The van der Waals surface area contributed by atoms with Crippen molar-refractivity contribution in [3.63, 3.8) is 0 Å². The molecule has 0 aromatic rings. The van der Waals surface area contributed by atoms with E-state index in [4.69, 9.17) is 5.26 Å². The number of halogens is 5. The fourth-order valence-corrected chi connectivity index (χ4v) is 2.90. The minimum atomic E-state index is -9.66. The summed E-state index contributed by atoms with van der Waals surface area (Å²) in [6, 6.07) is 1.55. The zero-order valence-electron chi connectivity index (χ0n) is 7.17. The Morgan fingerprint density at radius 3 is 2.33 bits per heavy atom. The number of nitriles is 1. The van der Waals surface area contributed by atoms with Crippen LogP contribution >= 0.6 is 10.2 Å². The van der Waals surface area contributed by atoms with Crippen molar-refractivity contribution in [2.75, 3.05) is 0 Å². The quantitative estimate of drug-likeness (QED) is 0.664. The molecule has 2 aliphatic heterocycles. The van der Waals surface area contributed by atoms with E-state index in [1.165, 1.54) is 0 Å². The maximum atomic E-state index is 12.4. The van der Waals surface area contributed by atoms with E-state index in [0.29, 0.717) is 6.08 Å². The minimum absolute atomic E-state index is 0.0541. The lowest BCUT2D eigenvalue weighted by Gasteiger charge is -2.43. The molecular formula is C7H6F5NOS. The standard InChI is InChI=1S/C7H6F5NOS/c8-15(9,10,11,12)6-2-5-1-4(3-13)7(6)14-5/h2,4-5,7H,1H2/t4-,5-,7+/m0/s1. The average Bonchev–Trinajstić information content (AvgIpc) is 2.56. The van der Waals surface area contributed by atoms with Crippen molar-refractivity contribution < 1.29 is 24.2 Å². The second-order valence-electron chi connectivity index (χ2n) is 3.60. The van der Waals surface area contributed by atoms with Gasteiger partial charge in [-0.3, -0.25) is 0 Å². The summed E-state index contributed by atoms with van der Waals surface area (Å²) in [5, 5.41) is 8.48. The smallest absolute Gasteiger partial charge is 0.309 e. The first-order valence-corrected chi connectivity index (χ1v) is 5.97. The lowest BCUT2D eigenvalue weighted by atomic mass is 9.96. The summed E-state index contributed by atoms with van der Waals surface area (Å²) < 4.78 is 66.8. The number of ether oxygens (including phenoxy) is 1. The van der Waals surface area contributed by atoms with Crippen LogP contribution in [-0.4, -0.2) is 12.2 Å². The highest BCUT2D eigenvalue weighted by Gasteiger charge is 2.72. The first kappa shape index (κ1) is 10.7. The molecule has 0 N–H and O–H groups in total. The van der Waals surface area contributed by atoms with Crippen LogP contribution in [-0.2, 0) is 4.74 Å². The molecule has 0 aromatic heterocycles. The molecule has 0 aliphatic carbocycles. The minimum Gasteiger partial charge on any atom is -0.364 e. The van der Waals surface area contributed by atoms with Crippen LogP contribution in [0.4, 0.5) is 19.4 Å². The lowest BCUT2D eigenvalue weighted by molar-refractivity contribution is 0.110. The Labute approximate surface area is 82.0 Å². The SMILES string of the molecule is N#C[C@@H]1C[C@H]2C=C(S(F)(F)(F)(F)F)[C@@H]1O2. The summed E-state index contributed by atoms with van der Waals surface area (Å²) in [5.74, 6) is -1.13. The van der Waals surface area contributed by atoms with Gasteiger partial charge in [-0.1, -0.05) is 19.4 Å². The van der Waals surface area contributed by atoms with Crippen molar-refractivity contribution in [1.82, 2.24) is 0 Å². The number of fused-ring (bicyclic) bond motifs is 2. The monoisotopic (exact) mass is 247 g/mol. The van der Waals surface area contributed by atoms with E-state index in [0.717, 1.165) is 0 Å². The normalized spacial score (nSPS) is 39.2. The molecule has 2 heterocycles. The van der Waals surface area contributed by atoms with Crippen LogP contribution in [0, 0.1) is 17.2 Å². The van der Waals surface area contributed by atoms with Gasteiger partial charge < -0.3 is 4.74 Å². The first-order chi connectivity index (χ1) is 6.51. The summed E-state index contributed by atoms with van der Waals surface area (Å²) in [6.07, 6.45) is -2.35. The molecule has 1 saturated heterocycles. The maximum Gasteiger partial charge on any atom is 0.309 e. The molecule has 2 rings (SSSR count). The summed E-state index contributed by atoms with van der Waals surface area (Å²) in [5.41, 5.74) is 0.